The number of ether oxygens (including phenoxy) is 2. The molecule has 1 aromatic rings. The van der Waals surface area contributed by atoms with E-state index < -0.39 is 5.60 Å². The molecule has 3 atom stereocenters. The molecular formula is C21H33NO3. The predicted molar refractivity (Wildman–Crippen MR) is 102 cm³/mol. The fourth-order valence-electron chi connectivity index (χ4n) is 3.38. The maximum absolute atomic E-state index is 13.0. The molecule has 1 aliphatic carbocycles. The normalized spacial score (nSPS) is 24.6. The van der Waals surface area contributed by atoms with Gasteiger partial charge in [0.25, 0.3) is 5.91 Å². The summed E-state index contributed by atoms with van der Waals surface area (Å²) in [5, 5.41) is 3.06. The van der Waals surface area contributed by atoms with Crippen molar-refractivity contribution in [1.29, 1.82) is 0 Å². The number of carbonyl (C=O) groups is 1. The van der Waals surface area contributed by atoms with Crippen molar-refractivity contribution >= 4 is 11.6 Å². The van der Waals surface area contributed by atoms with Gasteiger partial charge in [0, 0.05) is 12.3 Å². The zero-order chi connectivity index (χ0) is 18.3. The Balaban J connectivity index is 2.04. The molecule has 0 aliphatic heterocycles. The molecule has 4 nitrogen and oxygen atoms in total. The van der Waals surface area contributed by atoms with Crippen LogP contribution in [0.15, 0.2) is 24.3 Å². The van der Waals surface area contributed by atoms with E-state index in [4.69, 9.17) is 9.47 Å². The topological polar surface area (TPSA) is 47.6 Å². The van der Waals surface area contributed by atoms with E-state index >= 15 is 0 Å². The molecule has 2 rings (SSSR count). The second kappa shape index (κ2) is 9.23. The molecule has 1 saturated carbocycles. The SMILES string of the molecule is CCCO[C@@]1(C(=O)Nc2ccc(O[C@@H](C)CC)cc2)CCC[C@@H](C)C1. The van der Waals surface area contributed by atoms with Gasteiger partial charge >= 0.3 is 0 Å². The van der Waals surface area contributed by atoms with Gasteiger partial charge in [-0.3, -0.25) is 4.79 Å². The highest BCUT2D eigenvalue weighted by Crippen LogP contribution is 2.36. The third-order valence-corrected chi connectivity index (χ3v) is 4.98. The largest absolute Gasteiger partial charge is 0.491 e. The van der Waals surface area contributed by atoms with Gasteiger partial charge in [0.1, 0.15) is 11.4 Å². The first-order chi connectivity index (χ1) is 12.0. The summed E-state index contributed by atoms with van der Waals surface area (Å²) in [5.41, 5.74) is 0.110. The maximum Gasteiger partial charge on any atom is 0.256 e. The second-order valence-corrected chi connectivity index (χ2v) is 7.36. The van der Waals surface area contributed by atoms with Crippen LogP contribution in [0.2, 0.25) is 0 Å². The number of amides is 1. The van der Waals surface area contributed by atoms with Crippen LogP contribution in [-0.4, -0.2) is 24.2 Å². The summed E-state index contributed by atoms with van der Waals surface area (Å²) in [7, 11) is 0. The first kappa shape index (κ1) is 19.8. The number of benzene rings is 1. The average Bonchev–Trinajstić information content (AvgIpc) is 2.61. The minimum Gasteiger partial charge on any atom is -0.491 e. The first-order valence-corrected chi connectivity index (χ1v) is 9.71. The number of hydrogen-bond donors (Lipinski definition) is 1. The summed E-state index contributed by atoms with van der Waals surface area (Å²) in [6.45, 7) is 9.06. The zero-order valence-electron chi connectivity index (χ0n) is 16.1. The van der Waals surface area contributed by atoms with Crippen molar-refractivity contribution in [1.82, 2.24) is 0 Å². The van der Waals surface area contributed by atoms with Gasteiger partial charge in [0.2, 0.25) is 0 Å². The number of carbonyl (C=O) groups excluding carboxylic acids is 1. The molecule has 25 heavy (non-hydrogen) atoms. The summed E-state index contributed by atoms with van der Waals surface area (Å²) < 4.78 is 11.9. The van der Waals surface area contributed by atoms with E-state index in [0.29, 0.717) is 12.5 Å². The van der Waals surface area contributed by atoms with Gasteiger partial charge in [0.15, 0.2) is 0 Å². The Kier molecular flexibility index (Phi) is 7.30. The molecule has 0 heterocycles. The highest BCUT2D eigenvalue weighted by Gasteiger charge is 2.42. The van der Waals surface area contributed by atoms with Gasteiger partial charge in [-0.2, -0.15) is 0 Å². The van der Waals surface area contributed by atoms with Gasteiger partial charge in [-0.05, 0) is 69.2 Å². The molecule has 0 bridgehead atoms. The molecule has 1 aromatic carbocycles. The summed E-state index contributed by atoms with van der Waals surface area (Å²) in [6.07, 6.45) is 5.90. The van der Waals surface area contributed by atoms with Crippen LogP contribution in [-0.2, 0) is 9.53 Å². The Morgan fingerprint density at radius 3 is 2.64 bits per heavy atom. The van der Waals surface area contributed by atoms with Crippen LogP contribution in [0.5, 0.6) is 5.75 Å². The van der Waals surface area contributed by atoms with Crippen LogP contribution < -0.4 is 10.1 Å². The fraction of sp³-hybridized carbons (Fsp3) is 0.667. The Hall–Kier alpha value is -1.55. The van der Waals surface area contributed by atoms with E-state index in [1.807, 2.05) is 24.3 Å². The summed E-state index contributed by atoms with van der Waals surface area (Å²) in [6, 6.07) is 7.61. The van der Waals surface area contributed by atoms with E-state index in [1.165, 1.54) is 6.42 Å². The number of rotatable bonds is 8. The molecule has 0 unspecified atom stereocenters. The molecule has 0 spiro atoms. The van der Waals surface area contributed by atoms with Crippen LogP contribution in [0, 0.1) is 5.92 Å². The minimum absolute atomic E-state index is 0.0110. The molecule has 1 amide bonds. The lowest BCUT2D eigenvalue weighted by Gasteiger charge is -2.38. The third-order valence-electron chi connectivity index (χ3n) is 4.98. The highest BCUT2D eigenvalue weighted by molar-refractivity contribution is 5.97. The van der Waals surface area contributed by atoms with Crippen LogP contribution >= 0.6 is 0 Å². The molecule has 1 fully saturated rings. The van der Waals surface area contributed by atoms with E-state index in [9.17, 15) is 4.79 Å². The highest BCUT2D eigenvalue weighted by atomic mass is 16.5. The smallest absolute Gasteiger partial charge is 0.256 e. The monoisotopic (exact) mass is 347 g/mol. The lowest BCUT2D eigenvalue weighted by atomic mass is 9.78. The fourth-order valence-corrected chi connectivity index (χ4v) is 3.38. The standard InChI is InChI=1S/C21H33NO3/c1-5-14-24-21(13-7-8-16(3)15-21)20(23)22-18-9-11-19(12-10-18)25-17(4)6-2/h9-12,16-17H,5-8,13-15H2,1-4H3,(H,22,23)/t16-,17+,21+/m1/s1. The van der Waals surface area contributed by atoms with E-state index in [1.54, 1.807) is 0 Å². The van der Waals surface area contributed by atoms with Crippen molar-refractivity contribution in [3.05, 3.63) is 24.3 Å². The molecule has 1 aliphatic rings. The Labute approximate surface area is 152 Å². The summed E-state index contributed by atoms with van der Waals surface area (Å²) in [4.78, 5) is 13.0. The van der Waals surface area contributed by atoms with Gasteiger partial charge in [-0.25, -0.2) is 0 Å². The number of hydrogen-bond acceptors (Lipinski definition) is 3. The Morgan fingerprint density at radius 2 is 2.04 bits per heavy atom. The van der Waals surface area contributed by atoms with Gasteiger partial charge in [0.05, 0.1) is 6.10 Å². The van der Waals surface area contributed by atoms with Gasteiger partial charge in [-0.15, -0.1) is 0 Å². The maximum atomic E-state index is 13.0. The first-order valence-electron chi connectivity index (χ1n) is 9.71. The van der Waals surface area contributed by atoms with E-state index in [-0.39, 0.29) is 12.0 Å². The van der Waals surface area contributed by atoms with Crippen molar-refractivity contribution < 1.29 is 14.3 Å². The van der Waals surface area contributed by atoms with Crippen molar-refractivity contribution in [2.75, 3.05) is 11.9 Å². The lowest BCUT2D eigenvalue weighted by Crippen LogP contribution is -2.48. The van der Waals surface area contributed by atoms with Crippen molar-refractivity contribution in [2.45, 2.75) is 77.9 Å². The van der Waals surface area contributed by atoms with Crippen LogP contribution in [0.3, 0.4) is 0 Å². The number of nitrogens with one attached hydrogen (secondary N) is 1. The molecule has 1 N–H and O–H groups in total. The molecule has 140 valence electrons. The van der Waals surface area contributed by atoms with Crippen LogP contribution in [0.4, 0.5) is 5.69 Å². The molecular weight excluding hydrogens is 314 g/mol. The number of anilines is 1. The Bertz CT molecular complexity index is 543. The van der Waals surface area contributed by atoms with E-state index in [2.05, 4.69) is 33.0 Å². The van der Waals surface area contributed by atoms with Crippen molar-refractivity contribution in [3.8, 4) is 5.75 Å². The molecule has 4 heteroatoms. The molecule has 0 radical (unpaired) electrons. The summed E-state index contributed by atoms with van der Waals surface area (Å²) >= 11 is 0. The van der Waals surface area contributed by atoms with Crippen molar-refractivity contribution in [2.24, 2.45) is 5.92 Å². The molecule has 0 aromatic heterocycles. The predicted octanol–water partition coefficient (Wildman–Crippen LogP) is 5.18. The quantitative estimate of drug-likeness (QED) is 0.705. The Morgan fingerprint density at radius 1 is 1.32 bits per heavy atom. The molecule has 0 saturated heterocycles. The average molecular weight is 347 g/mol. The third kappa shape index (κ3) is 5.46. The second-order valence-electron chi connectivity index (χ2n) is 7.36. The van der Waals surface area contributed by atoms with Gasteiger partial charge in [-0.1, -0.05) is 27.2 Å². The van der Waals surface area contributed by atoms with Crippen LogP contribution in [0.25, 0.3) is 0 Å². The lowest BCUT2D eigenvalue weighted by molar-refractivity contribution is -0.148. The zero-order valence-corrected chi connectivity index (χ0v) is 16.1. The van der Waals surface area contributed by atoms with Crippen LogP contribution in [0.1, 0.15) is 66.2 Å². The van der Waals surface area contributed by atoms with E-state index in [0.717, 1.165) is 43.5 Å². The van der Waals surface area contributed by atoms with Gasteiger partial charge < -0.3 is 14.8 Å². The summed E-state index contributed by atoms with van der Waals surface area (Å²) in [5.74, 6) is 1.33. The van der Waals surface area contributed by atoms with Crippen molar-refractivity contribution in [3.63, 3.8) is 0 Å². The minimum atomic E-state index is -0.681.